The van der Waals surface area contributed by atoms with Crippen LogP contribution in [0, 0.1) is 13.8 Å². The van der Waals surface area contributed by atoms with Gasteiger partial charge in [-0.15, -0.1) is 0 Å². The van der Waals surface area contributed by atoms with Crippen LogP contribution in [0.15, 0.2) is 42.7 Å². The van der Waals surface area contributed by atoms with Gasteiger partial charge in [-0.05, 0) is 63.8 Å². The molecule has 2 amide bonds. The molecule has 2 saturated heterocycles. The largest absolute Gasteiger partial charge is 0.349 e. The first-order valence-electron chi connectivity index (χ1n) is 9.63. The standard InChI is InChI=1S/C22H25N3O2/c1-14-9-15(2)11-17(10-14)22(27)25-19-3-4-20(25)13-18(12-19)24-21(26)16-5-7-23-8-6-16/h5-11,18-20H,3-4,12-13H2,1-2H3,(H,24,26)/t18?,19-,20+. The van der Waals surface area contributed by atoms with Gasteiger partial charge in [0.1, 0.15) is 0 Å². The van der Waals surface area contributed by atoms with Gasteiger partial charge < -0.3 is 10.2 Å². The Morgan fingerprint density at radius 1 is 0.963 bits per heavy atom. The Kier molecular flexibility index (Phi) is 4.68. The maximum absolute atomic E-state index is 13.1. The summed E-state index contributed by atoms with van der Waals surface area (Å²) in [4.78, 5) is 31.6. The second-order valence-corrected chi connectivity index (χ2v) is 7.85. The fourth-order valence-electron chi connectivity index (χ4n) is 4.65. The first kappa shape index (κ1) is 17.7. The van der Waals surface area contributed by atoms with Crippen molar-refractivity contribution < 1.29 is 9.59 Å². The average molecular weight is 363 g/mol. The number of pyridine rings is 1. The van der Waals surface area contributed by atoms with E-state index in [0.717, 1.165) is 42.4 Å². The number of benzene rings is 1. The number of fused-ring (bicyclic) bond motifs is 2. The van der Waals surface area contributed by atoms with Gasteiger partial charge in [-0.25, -0.2) is 0 Å². The first-order chi connectivity index (χ1) is 13.0. The molecule has 0 radical (unpaired) electrons. The third-order valence-electron chi connectivity index (χ3n) is 5.71. The Labute approximate surface area is 159 Å². The summed E-state index contributed by atoms with van der Waals surface area (Å²) in [5.74, 6) is 0.0732. The summed E-state index contributed by atoms with van der Waals surface area (Å²) in [6.07, 6.45) is 6.94. The molecule has 2 bridgehead atoms. The summed E-state index contributed by atoms with van der Waals surface area (Å²) >= 11 is 0. The molecule has 0 aliphatic carbocycles. The number of hydrogen-bond acceptors (Lipinski definition) is 3. The minimum atomic E-state index is -0.0594. The molecule has 4 rings (SSSR count). The predicted molar refractivity (Wildman–Crippen MR) is 104 cm³/mol. The molecule has 1 unspecified atom stereocenters. The zero-order chi connectivity index (χ0) is 19.0. The molecule has 0 saturated carbocycles. The summed E-state index contributed by atoms with van der Waals surface area (Å²) in [5.41, 5.74) is 3.64. The van der Waals surface area contributed by atoms with Crippen LogP contribution in [-0.4, -0.2) is 39.8 Å². The summed E-state index contributed by atoms with van der Waals surface area (Å²) in [7, 11) is 0. The van der Waals surface area contributed by atoms with Gasteiger partial charge in [0.05, 0.1) is 0 Å². The number of rotatable bonds is 3. The lowest BCUT2D eigenvalue weighted by atomic mass is 9.95. The molecule has 2 fully saturated rings. The molecule has 2 aliphatic heterocycles. The molecule has 5 heteroatoms. The van der Waals surface area contributed by atoms with E-state index in [-0.39, 0.29) is 29.9 Å². The topological polar surface area (TPSA) is 62.3 Å². The van der Waals surface area contributed by atoms with E-state index in [1.54, 1.807) is 24.5 Å². The van der Waals surface area contributed by atoms with Gasteiger partial charge in [-0.2, -0.15) is 0 Å². The molecule has 3 atom stereocenters. The fourth-order valence-corrected chi connectivity index (χ4v) is 4.65. The third-order valence-corrected chi connectivity index (χ3v) is 5.71. The van der Waals surface area contributed by atoms with E-state index in [9.17, 15) is 9.59 Å². The molecular weight excluding hydrogens is 338 g/mol. The molecule has 2 aromatic rings. The van der Waals surface area contributed by atoms with Crippen molar-refractivity contribution in [3.63, 3.8) is 0 Å². The Balaban J connectivity index is 1.46. The lowest BCUT2D eigenvalue weighted by Gasteiger charge is -2.39. The van der Waals surface area contributed by atoms with E-state index in [0.29, 0.717) is 5.56 Å². The molecule has 27 heavy (non-hydrogen) atoms. The van der Waals surface area contributed by atoms with Crippen molar-refractivity contribution in [1.82, 2.24) is 15.2 Å². The van der Waals surface area contributed by atoms with Gasteiger partial charge >= 0.3 is 0 Å². The third kappa shape index (κ3) is 3.59. The van der Waals surface area contributed by atoms with Crippen LogP contribution in [0.5, 0.6) is 0 Å². The van der Waals surface area contributed by atoms with Gasteiger partial charge in [0, 0.05) is 41.6 Å². The van der Waals surface area contributed by atoms with Crippen LogP contribution in [0.3, 0.4) is 0 Å². The van der Waals surface area contributed by atoms with Crippen LogP contribution in [0.25, 0.3) is 0 Å². The monoisotopic (exact) mass is 363 g/mol. The van der Waals surface area contributed by atoms with Crippen LogP contribution in [0.1, 0.15) is 57.5 Å². The first-order valence-corrected chi connectivity index (χ1v) is 9.63. The van der Waals surface area contributed by atoms with E-state index in [1.807, 2.05) is 26.0 Å². The molecule has 1 aromatic heterocycles. The Morgan fingerprint density at radius 3 is 2.15 bits per heavy atom. The number of piperidine rings is 1. The highest BCUT2D eigenvalue weighted by Crippen LogP contribution is 2.37. The molecule has 3 heterocycles. The smallest absolute Gasteiger partial charge is 0.254 e. The highest BCUT2D eigenvalue weighted by molar-refractivity contribution is 5.96. The molecular formula is C22H25N3O2. The lowest BCUT2D eigenvalue weighted by Crippen LogP contribution is -2.52. The second kappa shape index (κ2) is 7.14. The van der Waals surface area contributed by atoms with Gasteiger partial charge in [-0.1, -0.05) is 17.2 Å². The predicted octanol–water partition coefficient (Wildman–Crippen LogP) is 3.26. The molecule has 2 aliphatic rings. The van der Waals surface area contributed by atoms with Crippen LogP contribution in [0.4, 0.5) is 0 Å². The molecule has 1 aromatic carbocycles. The summed E-state index contributed by atoms with van der Waals surface area (Å²) < 4.78 is 0. The van der Waals surface area contributed by atoms with Crippen molar-refractivity contribution in [3.8, 4) is 0 Å². The van der Waals surface area contributed by atoms with Crippen molar-refractivity contribution in [2.45, 2.75) is 57.7 Å². The number of nitrogens with one attached hydrogen (secondary N) is 1. The molecule has 140 valence electrons. The number of aromatic nitrogens is 1. The van der Waals surface area contributed by atoms with Crippen molar-refractivity contribution in [1.29, 1.82) is 0 Å². The van der Waals surface area contributed by atoms with Crippen molar-refractivity contribution in [2.24, 2.45) is 0 Å². The quantitative estimate of drug-likeness (QED) is 0.910. The number of carbonyl (C=O) groups is 2. The van der Waals surface area contributed by atoms with Crippen molar-refractivity contribution >= 4 is 11.8 Å². The minimum absolute atomic E-state index is 0.0594. The Hall–Kier alpha value is -2.69. The molecule has 5 nitrogen and oxygen atoms in total. The maximum atomic E-state index is 13.1. The molecule has 0 spiro atoms. The zero-order valence-corrected chi connectivity index (χ0v) is 15.8. The number of hydrogen-bond donors (Lipinski definition) is 1. The highest BCUT2D eigenvalue weighted by atomic mass is 16.2. The summed E-state index contributed by atoms with van der Waals surface area (Å²) in [6, 6.07) is 10.0. The lowest BCUT2D eigenvalue weighted by molar-refractivity contribution is 0.0549. The maximum Gasteiger partial charge on any atom is 0.254 e. The minimum Gasteiger partial charge on any atom is -0.349 e. The summed E-state index contributed by atoms with van der Waals surface area (Å²) in [5, 5.41) is 3.15. The Bertz CT molecular complexity index is 831. The summed E-state index contributed by atoms with van der Waals surface area (Å²) in [6.45, 7) is 4.05. The van der Waals surface area contributed by atoms with E-state index in [1.165, 1.54) is 0 Å². The van der Waals surface area contributed by atoms with Crippen LogP contribution < -0.4 is 5.32 Å². The number of nitrogens with zero attached hydrogens (tertiary/aromatic N) is 2. The van der Waals surface area contributed by atoms with Crippen molar-refractivity contribution in [2.75, 3.05) is 0 Å². The van der Waals surface area contributed by atoms with E-state index >= 15 is 0 Å². The van der Waals surface area contributed by atoms with E-state index < -0.39 is 0 Å². The SMILES string of the molecule is Cc1cc(C)cc(C(=O)N2[C@@H]3CC[C@H]2CC(NC(=O)c2ccncc2)C3)c1. The van der Waals surface area contributed by atoms with Crippen molar-refractivity contribution in [3.05, 3.63) is 65.0 Å². The number of carbonyl (C=O) groups excluding carboxylic acids is 2. The van der Waals surface area contributed by atoms with Crippen LogP contribution in [-0.2, 0) is 0 Å². The van der Waals surface area contributed by atoms with Gasteiger partial charge in [0.2, 0.25) is 0 Å². The van der Waals surface area contributed by atoms with Crippen LogP contribution >= 0.6 is 0 Å². The fraction of sp³-hybridized carbons (Fsp3) is 0.409. The van der Waals surface area contributed by atoms with Crippen LogP contribution in [0.2, 0.25) is 0 Å². The highest BCUT2D eigenvalue weighted by Gasteiger charge is 2.43. The normalized spacial score (nSPS) is 23.9. The van der Waals surface area contributed by atoms with E-state index in [2.05, 4.69) is 21.3 Å². The number of amides is 2. The number of aryl methyl sites for hydroxylation is 2. The average Bonchev–Trinajstić information content (AvgIpc) is 2.91. The zero-order valence-electron chi connectivity index (χ0n) is 15.8. The van der Waals surface area contributed by atoms with Gasteiger partial charge in [-0.3, -0.25) is 14.6 Å². The van der Waals surface area contributed by atoms with Gasteiger partial charge in [0.25, 0.3) is 11.8 Å². The van der Waals surface area contributed by atoms with Gasteiger partial charge in [0.15, 0.2) is 0 Å². The van der Waals surface area contributed by atoms with E-state index in [4.69, 9.17) is 0 Å². The second-order valence-electron chi connectivity index (χ2n) is 7.85. The molecule has 1 N–H and O–H groups in total. The Morgan fingerprint density at radius 2 is 1.56 bits per heavy atom.